The number of hydrogen-bond acceptors (Lipinski definition) is 5. The number of alkyl halides is 3. The summed E-state index contributed by atoms with van der Waals surface area (Å²) in [6, 6.07) is 16.2. The molecule has 0 spiro atoms. The summed E-state index contributed by atoms with van der Waals surface area (Å²) in [5.74, 6) is -3.92. The van der Waals surface area contributed by atoms with E-state index in [0.717, 1.165) is 43.1 Å². The highest BCUT2D eigenvalue weighted by atomic mass is 32.2. The van der Waals surface area contributed by atoms with Crippen LogP contribution < -0.4 is 5.43 Å². The number of carbonyl (C=O) groups is 1. The summed E-state index contributed by atoms with van der Waals surface area (Å²) in [6.07, 6.45) is -12.6. The topological polar surface area (TPSA) is 54.8 Å². The average Bonchev–Trinajstić information content (AvgIpc) is 3.20. The number of rotatable bonds is 12. The zero-order chi connectivity index (χ0) is 46.7. The standard InChI is InChI=1S/C40H38F5N3O3S/c1-51-22-21-46-19-17-32(18-20-46)47(24-27-9-11-28(12-10-27)29-13-15-31(16-14-29)40(43,44)45)37(50)25-48-35-8-3-2-6-33(35)36(49)23-38(48)52-26-30-5-4-7-34(41)39(30)42/h2-16,23,32H,17-22,24-26H2,1H3/i17D2,18D2,19D2,20D2,21D2,32D. The molecule has 6 nitrogen and oxygen atoms in total. The maximum absolute atomic E-state index is 15.1. The molecule has 0 aliphatic carbocycles. The van der Waals surface area contributed by atoms with Crippen molar-refractivity contribution in [1.82, 2.24) is 14.4 Å². The van der Waals surface area contributed by atoms with Gasteiger partial charge in [0, 0.05) is 75.6 Å². The van der Waals surface area contributed by atoms with Crippen LogP contribution in [0.4, 0.5) is 22.0 Å². The van der Waals surface area contributed by atoms with Gasteiger partial charge in [0.05, 0.1) is 24.1 Å². The molecule has 1 aromatic heterocycles. The molecule has 6 rings (SSSR count). The van der Waals surface area contributed by atoms with Crippen LogP contribution in [0, 0.1) is 11.6 Å². The van der Waals surface area contributed by atoms with Gasteiger partial charge in [0.15, 0.2) is 17.1 Å². The monoisotopic (exact) mass is 746 g/mol. The lowest BCUT2D eigenvalue weighted by molar-refractivity contribution is -0.137. The molecule has 52 heavy (non-hydrogen) atoms. The molecule has 4 aromatic carbocycles. The molecule has 1 aliphatic heterocycles. The Morgan fingerprint density at radius 1 is 0.981 bits per heavy atom. The second-order valence-electron chi connectivity index (χ2n) is 11.5. The number of nitrogens with zero attached hydrogens (tertiary/aromatic N) is 3. The van der Waals surface area contributed by atoms with E-state index in [9.17, 15) is 33.6 Å². The van der Waals surface area contributed by atoms with E-state index in [1.807, 2.05) is 0 Å². The molecule has 1 fully saturated rings. The quantitative estimate of drug-likeness (QED) is 0.0949. The van der Waals surface area contributed by atoms with Gasteiger partial charge in [-0.25, -0.2) is 8.78 Å². The normalized spacial score (nSPS) is 22.1. The molecule has 5 aromatic rings. The van der Waals surface area contributed by atoms with Gasteiger partial charge < -0.3 is 19.1 Å². The number of benzene rings is 4. The first kappa shape index (κ1) is 25.5. The molecule has 0 N–H and O–H groups in total. The number of likely N-dealkylation sites (tertiary alicyclic amines) is 1. The lowest BCUT2D eigenvalue weighted by Gasteiger charge is -2.39. The molecule has 0 radical (unpaired) electrons. The van der Waals surface area contributed by atoms with E-state index in [1.54, 1.807) is 0 Å². The van der Waals surface area contributed by atoms with E-state index in [4.69, 9.17) is 13.0 Å². The number of para-hydroxylation sites is 1. The number of aromatic nitrogens is 1. The Morgan fingerprint density at radius 2 is 1.65 bits per heavy atom. The highest BCUT2D eigenvalue weighted by Crippen LogP contribution is 2.32. The summed E-state index contributed by atoms with van der Waals surface area (Å²) in [6.45, 7) is -14.0. The van der Waals surface area contributed by atoms with Crippen LogP contribution in [0.1, 0.15) is 44.5 Å². The lowest BCUT2D eigenvalue weighted by Crippen LogP contribution is -2.48. The number of ether oxygens (including phenoxy) is 1. The second-order valence-corrected chi connectivity index (χ2v) is 12.4. The highest BCUT2D eigenvalue weighted by molar-refractivity contribution is 7.98. The van der Waals surface area contributed by atoms with Crippen LogP contribution in [0.2, 0.25) is 0 Å². The summed E-state index contributed by atoms with van der Waals surface area (Å²) in [5.41, 5.74) is -0.744. The number of methoxy groups -OCH3 is 1. The van der Waals surface area contributed by atoms with Gasteiger partial charge in [-0.1, -0.05) is 60.7 Å². The summed E-state index contributed by atoms with van der Waals surface area (Å²) in [4.78, 5) is 28.4. The average molecular weight is 747 g/mol. The Kier molecular flexibility index (Phi) is 8.05. The van der Waals surface area contributed by atoms with Gasteiger partial charge >= 0.3 is 6.18 Å². The maximum Gasteiger partial charge on any atom is 0.416 e. The predicted molar refractivity (Wildman–Crippen MR) is 193 cm³/mol. The SMILES string of the molecule is [2H]C([2H])(COC)N1C([2H])([2H])C([2H])([2H])C([2H])(N(Cc2ccc(-c3ccc(C(F)(F)F)cc3)cc2)C(=O)Cn2c(SCc3cccc(F)c3F)cc(=O)c3ccccc32)C([2H])([2H])C1([2H])[2H]. The van der Waals surface area contributed by atoms with Crippen LogP contribution in [0.3, 0.4) is 0 Å². The zero-order valence-corrected chi connectivity index (χ0v) is 28.2. The number of fused-ring (bicyclic) bond motifs is 1. The summed E-state index contributed by atoms with van der Waals surface area (Å²) < 4.78 is 174. The van der Waals surface area contributed by atoms with Crippen molar-refractivity contribution in [3.63, 3.8) is 0 Å². The fourth-order valence-corrected chi connectivity index (χ4v) is 6.40. The van der Waals surface area contributed by atoms with Crippen molar-refractivity contribution in [1.29, 1.82) is 0 Å². The number of halogens is 5. The van der Waals surface area contributed by atoms with Gasteiger partial charge in [-0.15, -0.1) is 11.8 Å². The van der Waals surface area contributed by atoms with Crippen LogP contribution in [0.25, 0.3) is 22.0 Å². The van der Waals surface area contributed by atoms with Crippen molar-refractivity contribution < 1.29 is 46.6 Å². The molecule has 1 saturated heterocycles. The Bertz CT molecular complexity index is 2550. The van der Waals surface area contributed by atoms with Gasteiger partial charge in [-0.05, 0) is 59.8 Å². The van der Waals surface area contributed by atoms with Gasteiger partial charge in [-0.3, -0.25) is 9.59 Å². The molecule has 2 heterocycles. The molecular weight excluding hydrogens is 698 g/mol. The molecule has 0 bridgehead atoms. The van der Waals surface area contributed by atoms with Crippen LogP contribution in [0.15, 0.2) is 107 Å². The van der Waals surface area contributed by atoms with Crippen molar-refractivity contribution in [3.05, 3.63) is 136 Å². The van der Waals surface area contributed by atoms with Crippen LogP contribution in [-0.2, 0) is 34.6 Å². The molecule has 0 unspecified atom stereocenters. The Morgan fingerprint density at radius 3 is 2.33 bits per heavy atom. The third-order valence-corrected chi connectivity index (χ3v) is 9.12. The number of carbonyl (C=O) groups excluding carboxylic acids is 1. The van der Waals surface area contributed by atoms with E-state index >= 15 is 4.79 Å². The maximum atomic E-state index is 15.1. The van der Waals surface area contributed by atoms with E-state index in [2.05, 4.69) is 0 Å². The Hall–Kier alpha value is -4.52. The van der Waals surface area contributed by atoms with Crippen LogP contribution >= 0.6 is 11.8 Å². The van der Waals surface area contributed by atoms with Crippen molar-refractivity contribution >= 4 is 28.6 Å². The Labute approximate surface area is 318 Å². The van der Waals surface area contributed by atoms with Crippen molar-refractivity contribution in [2.75, 3.05) is 33.2 Å². The fourth-order valence-electron chi connectivity index (χ4n) is 5.37. The Balaban J connectivity index is 1.51. The third kappa shape index (κ3) is 8.74. The minimum atomic E-state index is -4.60. The zero-order valence-electron chi connectivity index (χ0n) is 38.4. The van der Waals surface area contributed by atoms with E-state index in [1.165, 1.54) is 77.4 Å². The third-order valence-electron chi connectivity index (χ3n) is 8.03. The van der Waals surface area contributed by atoms with Crippen molar-refractivity contribution in [2.24, 2.45) is 0 Å². The van der Waals surface area contributed by atoms with Crippen LogP contribution in [-0.4, -0.2) is 59.5 Å². The first-order valence-electron chi connectivity index (χ1n) is 21.2. The van der Waals surface area contributed by atoms with Gasteiger partial charge in [0.25, 0.3) is 0 Å². The molecule has 1 amide bonds. The first-order valence-corrected chi connectivity index (χ1v) is 16.7. The summed E-state index contributed by atoms with van der Waals surface area (Å²) >= 11 is 0.801. The number of thioether (sulfide) groups is 1. The van der Waals surface area contributed by atoms with Gasteiger partial charge in [0.2, 0.25) is 5.91 Å². The lowest BCUT2D eigenvalue weighted by atomic mass is 10.00. The summed E-state index contributed by atoms with van der Waals surface area (Å²) in [5, 5.41) is 0.0411. The minimum Gasteiger partial charge on any atom is -0.383 e. The number of piperidine rings is 1. The van der Waals surface area contributed by atoms with Crippen molar-refractivity contribution in [3.8, 4) is 11.1 Å². The minimum absolute atomic E-state index is 0.0187. The molecule has 12 heteroatoms. The summed E-state index contributed by atoms with van der Waals surface area (Å²) in [7, 11) is 0.996. The number of pyridine rings is 1. The van der Waals surface area contributed by atoms with Gasteiger partial charge in [-0.2, -0.15) is 13.2 Å². The molecule has 1 aliphatic rings. The van der Waals surface area contributed by atoms with Crippen LogP contribution in [0.5, 0.6) is 0 Å². The second kappa shape index (κ2) is 16.4. The van der Waals surface area contributed by atoms with Gasteiger partial charge in [0.1, 0.15) is 6.54 Å². The van der Waals surface area contributed by atoms with E-state index in [0.29, 0.717) is 16.0 Å². The highest BCUT2D eigenvalue weighted by Gasteiger charge is 2.31. The molecule has 272 valence electrons. The predicted octanol–water partition coefficient (Wildman–Crippen LogP) is 8.40. The largest absolute Gasteiger partial charge is 0.416 e. The van der Waals surface area contributed by atoms with Crippen molar-refractivity contribution in [2.45, 2.75) is 48.8 Å². The van der Waals surface area contributed by atoms with E-state index in [-0.39, 0.29) is 37.7 Å². The molecular formula is C40H38F5N3O3S. The molecule has 0 atom stereocenters. The molecule has 0 saturated carbocycles. The fraction of sp³-hybridized carbons (Fsp3) is 0.300. The number of hydrogen-bond donors (Lipinski definition) is 0. The van der Waals surface area contributed by atoms with E-state index < -0.39 is 92.7 Å². The number of amides is 1. The first-order chi connectivity index (χ1) is 29.1. The smallest absolute Gasteiger partial charge is 0.383 e.